The molecule has 0 bridgehead atoms. The zero-order valence-corrected chi connectivity index (χ0v) is 12.8. The molecule has 19 heavy (non-hydrogen) atoms. The Morgan fingerprint density at radius 2 is 2.26 bits per heavy atom. The lowest BCUT2D eigenvalue weighted by Crippen LogP contribution is -2.07. The smallest absolute Gasteiger partial charge is 0.207 e. The van der Waals surface area contributed by atoms with Gasteiger partial charge in [0.2, 0.25) is 5.95 Å². The molecule has 0 radical (unpaired) electrons. The van der Waals surface area contributed by atoms with Gasteiger partial charge in [-0.15, -0.1) is 0 Å². The van der Waals surface area contributed by atoms with Crippen molar-refractivity contribution in [3.63, 3.8) is 0 Å². The molecular formula is C14H18BrN3O. The van der Waals surface area contributed by atoms with Gasteiger partial charge in [-0.1, -0.05) is 13.3 Å². The number of ether oxygens (including phenoxy) is 1. The van der Waals surface area contributed by atoms with Crippen molar-refractivity contribution in [1.29, 1.82) is 0 Å². The Balaban J connectivity index is 2.24. The molecule has 0 spiro atoms. The van der Waals surface area contributed by atoms with Gasteiger partial charge in [0.25, 0.3) is 0 Å². The second kappa shape index (κ2) is 6.61. The summed E-state index contributed by atoms with van der Waals surface area (Å²) in [7, 11) is 1.66. The van der Waals surface area contributed by atoms with E-state index in [1.165, 1.54) is 6.42 Å². The molecule has 0 aliphatic rings. The molecule has 1 N–H and O–H groups in total. The first-order chi connectivity index (χ1) is 9.26. The lowest BCUT2D eigenvalue weighted by molar-refractivity contribution is 0.412. The summed E-state index contributed by atoms with van der Waals surface area (Å²) in [6.07, 6.45) is 6.04. The predicted molar refractivity (Wildman–Crippen MR) is 81.2 cm³/mol. The minimum atomic E-state index is 0.811. The van der Waals surface area contributed by atoms with Crippen LogP contribution in [0.4, 0.5) is 5.95 Å². The van der Waals surface area contributed by atoms with Crippen LogP contribution in [0.5, 0.6) is 5.75 Å². The van der Waals surface area contributed by atoms with E-state index in [1.807, 2.05) is 29.0 Å². The fourth-order valence-electron chi connectivity index (χ4n) is 1.82. The maximum absolute atomic E-state index is 5.32. The molecule has 102 valence electrons. The second-order valence-corrected chi connectivity index (χ2v) is 5.07. The maximum Gasteiger partial charge on any atom is 0.207 e. The number of benzene rings is 1. The third-order valence-electron chi connectivity index (χ3n) is 2.87. The number of hydrogen-bond donors (Lipinski definition) is 1. The lowest BCUT2D eigenvalue weighted by Gasteiger charge is -2.11. The first kappa shape index (κ1) is 13.9. The minimum Gasteiger partial charge on any atom is -0.495 e. The van der Waals surface area contributed by atoms with Crippen molar-refractivity contribution in [1.82, 2.24) is 9.55 Å². The van der Waals surface area contributed by atoms with Crippen LogP contribution in [0.1, 0.15) is 19.8 Å². The highest BCUT2D eigenvalue weighted by Crippen LogP contribution is 2.28. The topological polar surface area (TPSA) is 39.1 Å². The van der Waals surface area contributed by atoms with Crippen LogP contribution in [0.15, 0.2) is 35.1 Å². The summed E-state index contributed by atoms with van der Waals surface area (Å²) in [5.41, 5.74) is 1.02. The summed E-state index contributed by atoms with van der Waals surface area (Å²) < 4.78 is 8.28. The van der Waals surface area contributed by atoms with Crippen LogP contribution < -0.4 is 10.1 Å². The monoisotopic (exact) mass is 323 g/mol. The van der Waals surface area contributed by atoms with E-state index in [4.69, 9.17) is 4.74 Å². The average Bonchev–Trinajstić information content (AvgIpc) is 2.88. The number of halogens is 1. The van der Waals surface area contributed by atoms with E-state index in [1.54, 1.807) is 13.3 Å². The molecule has 1 heterocycles. The molecule has 0 amide bonds. The zero-order valence-electron chi connectivity index (χ0n) is 11.2. The maximum atomic E-state index is 5.32. The molecule has 0 aliphatic heterocycles. The number of unbranched alkanes of at least 4 members (excludes halogenated alkanes) is 1. The van der Waals surface area contributed by atoms with Crippen molar-refractivity contribution in [3.05, 3.63) is 35.1 Å². The van der Waals surface area contributed by atoms with Crippen molar-refractivity contribution in [2.75, 3.05) is 19.0 Å². The van der Waals surface area contributed by atoms with Gasteiger partial charge in [0.05, 0.1) is 17.3 Å². The normalized spacial score (nSPS) is 10.5. The molecule has 0 aliphatic carbocycles. The van der Waals surface area contributed by atoms with Crippen molar-refractivity contribution < 1.29 is 4.74 Å². The van der Waals surface area contributed by atoms with Gasteiger partial charge in [-0.2, -0.15) is 0 Å². The Morgan fingerprint density at radius 1 is 1.42 bits per heavy atom. The van der Waals surface area contributed by atoms with Crippen molar-refractivity contribution in [2.45, 2.75) is 19.8 Å². The fourth-order valence-corrected chi connectivity index (χ4v) is 2.23. The fraction of sp³-hybridized carbons (Fsp3) is 0.357. The SMILES string of the molecule is CCCCNc1nccn1-c1ccc(Br)c(OC)c1. The van der Waals surface area contributed by atoms with Gasteiger partial charge in [-0.3, -0.25) is 4.57 Å². The summed E-state index contributed by atoms with van der Waals surface area (Å²) in [6.45, 7) is 3.11. The van der Waals surface area contributed by atoms with E-state index in [0.29, 0.717) is 0 Å². The highest BCUT2D eigenvalue weighted by Gasteiger charge is 2.07. The van der Waals surface area contributed by atoms with Crippen molar-refractivity contribution >= 4 is 21.9 Å². The third kappa shape index (κ3) is 3.29. The Morgan fingerprint density at radius 3 is 3.00 bits per heavy atom. The Kier molecular flexibility index (Phi) is 4.85. The van der Waals surface area contributed by atoms with Gasteiger partial charge in [0, 0.05) is 25.0 Å². The van der Waals surface area contributed by atoms with Crippen LogP contribution in [0.3, 0.4) is 0 Å². The third-order valence-corrected chi connectivity index (χ3v) is 3.52. The standard InChI is InChI=1S/C14H18BrN3O/c1-3-4-7-16-14-17-8-9-18(14)11-5-6-12(15)13(10-11)19-2/h5-6,8-10H,3-4,7H2,1-2H3,(H,16,17). The van der Waals surface area contributed by atoms with Crippen LogP contribution in [0.25, 0.3) is 5.69 Å². The van der Waals surface area contributed by atoms with Crippen LogP contribution in [0, 0.1) is 0 Å². The molecule has 2 aromatic rings. The van der Waals surface area contributed by atoms with E-state index in [0.717, 1.165) is 34.8 Å². The van der Waals surface area contributed by atoms with Crippen molar-refractivity contribution in [2.24, 2.45) is 0 Å². The molecule has 0 unspecified atom stereocenters. The van der Waals surface area contributed by atoms with Gasteiger partial charge in [-0.05, 0) is 34.5 Å². The number of imidazole rings is 1. The van der Waals surface area contributed by atoms with Gasteiger partial charge >= 0.3 is 0 Å². The number of methoxy groups -OCH3 is 1. The van der Waals surface area contributed by atoms with Gasteiger partial charge in [0.15, 0.2) is 0 Å². The molecule has 1 aromatic heterocycles. The van der Waals surface area contributed by atoms with E-state index >= 15 is 0 Å². The summed E-state index contributed by atoms with van der Waals surface area (Å²) in [4.78, 5) is 4.34. The quantitative estimate of drug-likeness (QED) is 0.820. The number of nitrogens with zero attached hydrogens (tertiary/aromatic N) is 2. The van der Waals surface area contributed by atoms with Gasteiger partial charge < -0.3 is 10.1 Å². The summed E-state index contributed by atoms with van der Waals surface area (Å²) >= 11 is 3.46. The van der Waals surface area contributed by atoms with E-state index < -0.39 is 0 Å². The number of anilines is 1. The number of aromatic nitrogens is 2. The van der Waals surface area contributed by atoms with E-state index in [2.05, 4.69) is 33.2 Å². The number of nitrogens with one attached hydrogen (secondary N) is 1. The number of hydrogen-bond acceptors (Lipinski definition) is 3. The molecule has 5 heteroatoms. The zero-order chi connectivity index (χ0) is 13.7. The van der Waals surface area contributed by atoms with Gasteiger partial charge in [0.1, 0.15) is 5.75 Å². The van der Waals surface area contributed by atoms with Crippen LogP contribution in [-0.4, -0.2) is 23.2 Å². The Labute approximate surface area is 121 Å². The van der Waals surface area contributed by atoms with Crippen LogP contribution in [0.2, 0.25) is 0 Å². The van der Waals surface area contributed by atoms with E-state index in [9.17, 15) is 0 Å². The molecule has 0 atom stereocenters. The molecule has 0 saturated carbocycles. The molecule has 0 fully saturated rings. The largest absolute Gasteiger partial charge is 0.495 e. The number of rotatable bonds is 6. The average molecular weight is 324 g/mol. The highest BCUT2D eigenvalue weighted by molar-refractivity contribution is 9.10. The minimum absolute atomic E-state index is 0.811. The summed E-state index contributed by atoms with van der Waals surface area (Å²) in [6, 6.07) is 5.99. The summed E-state index contributed by atoms with van der Waals surface area (Å²) in [5, 5.41) is 3.34. The molecule has 2 rings (SSSR count). The highest BCUT2D eigenvalue weighted by atomic mass is 79.9. The van der Waals surface area contributed by atoms with E-state index in [-0.39, 0.29) is 0 Å². The summed E-state index contributed by atoms with van der Waals surface area (Å²) in [5.74, 6) is 1.67. The lowest BCUT2D eigenvalue weighted by atomic mass is 10.3. The van der Waals surface area contributed by atoms with Gasteiger partial charge in [-0.25, -0.2) is 4.98 Å². The Hall–Kier alpha value is -1.49. The van der Waals surface area contributed by atoms with Crippen LogP contribution >= 0.6 is 15.9 Å². The molecule has 0 saturated heterocycles. The predicted octanol–water partition coefficient (Wildman–Crippen LogP) is 3.86. The molecule has 4 nitrogen and oxygen atoms in total. The first-order valence-electron chi connectivity index (χ1n) is 6.37. The molecular weight excluding hydrogens is 306 g/mol. The molecule has 1 aromatic carbocycles. The first-order valence-corrected chi connectivity index (χ1v) is 7.16. The second-order valence-electron chi connectivity index (χ2n) is 4.22. The Bertz CT molecular complexity index is 539. The van der Waals surface area contributed by atoms with Crippen molar-refractivity contribution in [3.8, 4) is 11.4 Å². The van der Waals surface area contributed by atoms with Crippen LogP contribution in [-0.2, 0) is 0 Å².